The van der Waals surface area contributed by atoms with Gasteiger partial charge in [-0.2, -0.15) is 0 Å². The third-order valence-electron chi connectivity index (χ3n) is 4.44. The maximum absolute atomic E-state index is 13.6. The fourth-order valence-electron chi connectivity index (χ4n) is 3.06. The molecule has 0 unspecified atom stereocenters. The van der Waals surface area contributed by atoms with Crippen LogP contribution < -0.4 is 4.90 Å². The van der Waals surface area contributed by atoms with Crippen LogP contribution in [0.25, 0.3) is 20.3 Å². The number of nitrogens with zero attached hydrogens (tertiary/aromatic N) is 2. The Balaban J connectivity index is 1.62. The average Bonchev–Trinajstić information content (AvgIpc) is 3.44. The Morgan fingerprint density at radius 1 is 1.03 bits per heavy atom. The summed E-state index contributed by atoms with van der Waals surface area (Å²) in [6.07, 6.45) is 1.59. The van der Waals surface area contributed by atoms with Crippen molar-refractivity contribution in [2.75, 3.05) is 4.90 Å². The molecule has 5 rings (SSSR count). The van der Waals surface area contributed by atoms with Gasteiger partial charge in [-0.1, -0.05) is 52.7 Å². The molecule has 3 heterocycles. The van der Waals surface area contributed by atoms with Crippen molar-refractivity contribution in [3.63, 3.8) is 0 Å². The van der Waals surface area contributed by atoms with Crippen LogP contribution in [0.3, 0.4) is 0 Å². The van der Waals surface area contributed by atoms with E-state index in [1.54, 1.807) is 23.3 Å². The quantitative estimate of drug-likeness (QED) is 0.284. The van der Waals surface area contributed by atoms with Gasteiger partial charge in [-0.05, 0) is 36.4 Å². The molecule has 3 aromatic heterocycles. The fourth-order valence-corrected chi connectivity index (χ4v) is 5.76. The Morgan fingerprint density at radius 2 is 1.90 bits per heavy atom. The van der Waals surface area contributed by atoms with Crippen LogP contribution in [-0.4, -0.2) is 10.9 Å². The maximum Gasteiger partial charge on any atom is 0.272 e. The van der Waals surface area contributed by atoms with E-state index in [0.29, 0.717) is 25.8 Å². The SMILES string of the molecule is O=C(c1sc2ccccc2c1Cl)N(Cc1ccco1)c1nc2ccc(Cl)cc2s1. The number of furan rings is 1. The number of aromatic nitrogens is 1. The first-order valence-corrected chi connectivity index (χ1v) is 11.1. The molecule has 4 nitrogen and oxygen atoms in total. The molecule has 0 radical (unpaired) electrons. The summed E-state index contributed by atoms with van der Waals surface area (Å²) >= 11 is 15.5. The van der Waals surface area contributed by atoms with E-state index in [1.807, 2.05) is 42.5 Å². The standard InChI is InChI=1S/C21H12Cl2N2O2S2/c22-12-7-8-15-17(10-12)29-21(24-15)25(11-13-4-3-9-27-13)20(26)19-18(23)14-5-1-2-6-16(14)28-19/h1-10H,11H2. The normalized spacial score (nSPS) is 11.4. The van der Waals surface area contributed by atoms with Gasteiger partial charge in [0.25, 0.3) is 5.91 Å². The molecule has 0 aliphatic rings. The first-order valence-electron chi connectivity index (χ1n) is 8.67. The van der Waals surface area contributed by atoms with Gasteiger partial charge >= 0.3 is 0 Å². The second-order valence-corrected chi connectivity index (χ2v) is 9.20. The summed E-state index contributed by atoms with van der Waals surface area (Å²) in [6, 6.07) is 16.8. The number of fused-ring (bicyclic) bond motifs is 2. The van der Waals surface area contributed by atoms with Crippen LogP contribution in [0.2, 0.25) is 10.0 Å². The first-order chi connectivity index (χ1) is 14.1. The van der Waals surface area contributed by atoms with Crippen LogP contribution in [0.5, 0.6) is 0 Å². The Labute approximate surface area is 183 Å². The van der Waals surface area contributed by atoms with E-state index in [4.69, 9.17) is 27.6 Å². The number of carbonyl (C=O) groups is 1. The van der Waals surface area contributed by atoms with Crippen molar-refractivity contribution >= 4 is 77.2 Å². The summed E-state index contributed by atoms with van der Waals surface area (Å²) in [6.45, 7) is 0.254. The van der Waals surface area contributed by atoms with Crippen molar-refractivity contribution in [3.05, 3.63) is 81.5 Å². The topological polar surface area (TPSA) is 46.3 Å². The number of benzene rings is 2. The zero-order valence-electron chi connectivity index (χ0n) is 14.8. The third-order valence-corrected chi connectivity index (χ3v) is 7.38. The molecule has 5 aromatic rings. The van der Waals surface area contributed by atoms with E-state index >= 15 is 0 Å². The Kier molecular flexibility index (Phi) is 4.80. The van der Waals surface area contributed by atoms with E-state index in [0.717, 1.165) is 20.3 Å². The molecule has 0 N–H and O–H groups in total. The molecule has 0 spiro atoms. The van der Waals surface area contributed by atoms with E-state index < -0.39 is 0 Å². The average molecular weight is 459 g/mol. The highest BCUT2D eigenvalue weighted by Crippen LogP contribution is 2.38. The van der Waals surface area contributed by atoms with Crippen molar-refractivity contribution < 1.29 is 9.21 Å². The smallest absolute Gasteiger partial charge is 0.272 e. The van der Waals surface area contributed by atoms with Gasteiger partial charge in [0.05, 0.1) is 28.0 Å². The first kappa shape index (κ1) is 18.6. The largest absolute Gasteiger partial charge is 0.467 e. The molecule has 0 aliphatic carbocycles. The van der Waals surface area contributed by atoms with E-state index in [1.165, 1.54) is 22.7 Å². The molecule has 0 saturated carbocycles. The van der Waals surface area contributed by atoms with Gasteiger partial charge in [-0.15, -0.1) is 11.3 Å². The Hall–Kier alpha value is -2.38. The number of carbonyl (C=O) groups excluding carboxylic acids is 1. The summed E-state index contributed by atoms with van der Waals surface area (Å²) in [4.78, 5) is 20.3. The molecule has 1 amide bonds. The second kappa shape index (κ2) is 7.46. The predicted molar refractivity (Wildman–Crippen MR) is 121 cm³/mol. The number of thiazole rings is 1. The van der Waals surface area contributed by atoms with E-state index in [-0.39, 0.29) is 12.5 Å². The van der Waals surface area contributed by atoms with Crippen molar-refractivity contribution in [1.29, 1.82) is 0 Å². The number of anilines is 1. The summed E-state index contributed by atoms with van der Waals surface area (Å²) in [7, 11) is 0. The molecule has 8 heteroatoms. The van der Waals surface area contributed by atoms with Crippen LogP contribution in [-0.2, 0) is 6.54 Å². The molecule has 0 aliphatic heterocycles. The number of thiophene rings is 1. The lowest BCUT2D eigenvalue weighted by molar-refractivity contribution is 0.0987. The highest BCUT2D eigenvalue weighted by atomic mass is 35.5. The van der Waals surface area contributed by atoms with Gasteiger partial charge in [0, 0.05) is 15.1 Å². The molecule has 29 heavy (non-hydrogen) atoms. The summed E-state index contributed by atoms with van der Waals surface area (Å²) in [5.41, 5.74) is 0.786. The van der Waals surface area contributed by atoms with Gasteiger partial charge in [-0.25, -0.2) is 4.98 Å². The minimum Gasteiger partial charge on any atom is -0.467 e. The Morgan fingerprint density at radius 3 is 2.69 bits per heavy atom. The molecular weight excluding hydrogens is 447 g/mol. The Bertz CT molecular complexity index is 1340. The van der Waals surface area contributed by atoms with Gasteiger partial charge in [0.1, 0.15) is 10.6 Å². The lowest BCUT2D eigenvalue weighted by atomic mass is 10.2. The molecule has 0 saturated heterocycles. The van der Waals surface area contributed by atoms with E-state index in [2.05, 4.69) is 4.98 Å². The number of hydrogen-bond donors (Lipinski definition) is 0. The third kappa shape index (κ3) is 3.42. The number of halogens is 2. The lowest BCUT2D eigenvalue weighted by Crippen LogP contribution is -2.29. The molecule has 0 fully saturated rings. The van der Waals surface area contributed by atoms with Crippen LogP contribution >= 0.6 is 45.9 Å². The lowest BCUT2D eigenvalue weighted by Gasteiger charge is -2.18. The zero-order chi connectivity index (χ0) is 20.0. The van der Waals surface area contributed by atoms with Gasteiger partial charge in [0.15, 0.2) is 5.13 Å². The molecule has 0 bridgehead atoms. The zero-order valence-corrected chi connectivity index (χ0v) is 17.9. The van der Waals surface area contributed by atoms with Crippen LogP contribution in [0.4, 0.5) is 5.13 Å². The molecule has 2 aromatic carbocycles. The minimum atomic E-state index is -0.210. The van der Waals surface area contributed by atoms with Gasteiger partial charge in [0.2, 0.25) is 0 Å². The summed E-state index contributed by atoms with van der Waals surface area (Å²) in [5.74, 6) is 0.450. The highest BCUT2D eigenvalue weighted by Gasteiger charge is 2.27. The monoisotopic (exact) mass is 458 g/mol. The molecule has 144 valence electrons. The van der Waals surface area contributed by atoms with Crippen molar-refractivity contribution in [2.24, 2.45) is 0 Å². The van der Waals surface area contributed by atoms with Crippen molar-refractivity contribution in [3.8, 4) is 0 Å². The van der Waals surface area contributed by atoms with Crippen molar-refractivity contribution in [2.45, 2.75) is 6.54 Å². The van der Waals surface area contributed by atoms with Crippen LogP contribution in [0, 0.1) is 0 Å². The number of amides is 1. The number of rotatable bonds is 4. The van der Waals surface area contributed by atoms with Crippen LogP contribution in [0.1, 0.15) is 15.4 Å². The predicted octanol–water partition coefficient (Wildman–Crippen LogP) is 7.26. The van der Waals surface area contributed by atoms with Gasteiger partial charge in [-0.3, -0.25) is 9.69 Å². The minimum absolute atomic E-state index is 0.210. The van der Waals surface area contributed by atoms with E-state index in [9.17, 15) is 4.79 Å². The molecule has 0 atom stereocenters. The fraction of sp³-hybridized carbons (Fsp3) is 0.0476. The van der Waals surface area contributed by atoms with Crippen LogP contribution in [0.15, 0.2) is 65.3 Å². The molecular formula is C21H12Cl2N2O2S2. The second-order valence-electron chi connectivity index (χ2n) is 6.32. The number of hydrogen-bond acceptors (Lipinski definition) is 5. The van der Waals surface area contributed by atoms with Crippen molar-refractivity contribution in [1.82, 2.24) is 4.98 Å². The highest BCUT2D eigenvalue weighted by molar-refractivity contribution is 7.23. The summed E-state index contributed by atoms with van der Waals surface area (Å²) < 4.78 is 7.36. The summed E-state index contributed by atoms with van der Waals surface area (Å²) in [5, 5.41) is 2.53. The maximum atomic E-state index is 13.6. The van der Waals surface area contributed by atoms with Gasteiger partial charge < -0.3 is 4.42 Å².